The summed E-state index contributed by atoms with van der Waals surface area (Å²) in [7, 11) is 0. The third kappa shape index (κ3) is 5.91. The Morgan fingerprint density at radius 2 is 2.25 bits per heavy atom. The van der Waals surface area contributed by atoms with Crippen LogP contribution in [-0.4, -0.2) is 51.8 Å². The molecule has 0 fully saturated rings. The second-order valence-corrected chi connectivity index (χ2v) is 5.04. The van der Waals surface area contributed by atoms with Crippen LogP contribution < -0.4 is 10.6 Å². The van der Waals surface area contributed by atoms with Crippen molar-refractivity contribution < 1.29 is 19.2 Å². The van der Waals surface area contributed by atoms with Crippen molar-refractivity contribution in [3.8, 4) is 0 Å². The van der Waals surface area contributed by atoms with Crippen molar-refractivity contribution in [1.82, 2.24) is 20.8 Å². The van der Waals surface area contributed by atoms with E-state index in [4.69, 9.17) is 9.63 Å². The monoisotopic (exact) mass is 302 g/mol. The first-order valence-corrected chi connectivity index (χ1v) is 7.47. The number of carbonyl (C=O) groups excluding carboxylic acids is 1. The average Bonchev–Trinajstić information content (AvgIpc) is 2.80. The molecule has 0 radical (unpaired) electrons. The predicted molar refractivity (Wildman–Crippen MR) is 73.7 cm³/mol. The molecular formula is C11H18N4O4S. The Labute approximate surface area is 120 Å². The number of aryl methyl sites for hydroxylation is 1. The Kier molecular flexibility index (Phi) is 6.85. The number of carboxylic acid groups (broad SMARTS) is 1. The molecule has 112 valence electrons. The van der Waals surface area contributed by atoms with Gasteiger partial charge in [-0.1, -0.05) is 5.16 Å². The largest absolute Gasteiger partial charge is 0.480 e. The number of aliphatic carboxylic acids is 1. The molecular weight excluding hydrogens is 284 g/mol. The lowest BCUT2D eigenvalue weighted by Crippen LogP contribution is -2.46. The van der Waals surface area contributed by atoms with Crippen molar-refractivity contribution in [3.63, 3.8) is 0 Å². The van der Waals surface area contributed by atoms with Gasteiger partial charge in [0.15, 0.2) is 5.82 Å². The van der Waals surface area contributed by atoms with Crippen molar-refractivity contribution in [2.24, 2.45) is 0 Å². The standard InChI is InChI=1S/C11H18N4O4S/c1-7-13-9(15-19-7)3-5-12-11(18)14-8(10(16)17)4-6-20-2/h8H,3-6H2,1-2H3,(H,16,17)(H2,12,14,18). The molecule has 20 heavy (non-hydrogen) atoms. The van der Waals surface area contributed by atoms with Crippen LogP contribution in [0.4, 0.5) is 4.79 Å². The van der Waals surface area contributed by atoms with E-state index in [1.54, 1.807) is 6.92 Å². The molecule has 3 N–H and O–H groups in total. The summed E-state index contributed by atoms with van der Waals surface area (Å²) in [5, 5.41) is 17.6. The van der Waals surface area contributed by atoms with Gasteiger partial charge in [-0.05, 0) is 18.4 Å². The molecule has 1 heterocycles. The van der Waals surface area contributed by atoms with Crippen LogP contribution in [-0.2, 0) is 11.2 Å². The molecule has 8 nitrogen and oxygen atoms in total. The maximum absolute atomic E-state index is 11.6. The van der Waals surface area contributed by atoms with Gasteiger partial charge in [-0.3, -0.25) is 0 Å². The highest BCUT2D eigenvalue weighted by Gasteiger charge is 2.19. The number of rotatable bonds is 8. The van der Waals surface area contributed by atoms with E-state index in [0.717, 1.165) is 0 Å². The van der Waals surface area contributed by atoms with Crippen molar-refractivity contribution >= 4 is 23.8 Å². The van der Waals surface area contributed by atoms with Gasteiger partial charge in [-0.15, -0.1) is 0 Å². The molecule has 0 saturated heterocycles. The van der Waals surface area contributed by atoms with Gasteiger partial charge in [0.25, 0.3) is 0 Å². The summed E-state index contributed by atoms with van der Waals surface area (Å²) < 4.78 is 4.79. The van der Waals surface area contributed by atoms with Gasteiger partial charge in [0, 0.05) is 19.9 Å². The van der Waals surface area contributed by atoms with E-state index in [1.165, 1.54) is 11.8 Å². The van der Waals surface area contributed by atoms with Crippen LogP contribution in [0.2, 0.25) is 0 Å². The number of thioether (sulfide) groups is 1. The summed E-state index contributed by atoms with van der Waals surface area (Å²) in [6, 6.07) is -1.39. The molecule has 2 amide bonds. The second kappa shape index (κ2) is 8.41. The summed E-state index contributed by atoms with van der Waals surface area (Å²) in [4.78, 5) is 26.5. The fraction of sp³-hybridized carbons (Fsp3) is 0.636. The number of hydrogen-bond donors (Lipinski definition) is 3. The maximum atomic E-state index is 11.6. The van der Waals surface area contributed by atoms with Crippen molar-refractivity contribution in [1.29, 1.82) is 0 Å². The zero-order valence-corrected chi connectivity index (χ0v) is 12.2. The lowest BCUT2D eigenvalue weighted by molar-refractivity contribution is -0.139. The van der Waals surface area contributed by atoms with E-state index < -0.39 is 18.0 Å². The zero-order valence-electron chi connectivity index (χ0n) is 11.4. The second-order valence-electron chi connectivity index (χ2n) is 4.05. The van der Waals surface area contributed by atoms with Crippen LogP contribution in [0.25, 0.3) is 0 Å². The number of carbonyl (C=O) groups is 2. The number of urea groups is 1. The molecule has 1 atom stereocenters. The highest BCUT2D eigenvalue weighted by Crippen LogP contribution is 2.01. The van der Waals surface area contributed by atoms with Crippen LogP contribution in [0, 0.1) is 6.92 Å². The first-order chi connectivity index (χ1) is 9.52. The number of hydrogen-bond acceptors (Lipinski definition) is 6. The minimum atomic E-state index is -1.04. The minimum Gasteiger partial charge on any atom is -0.480 e. The molecule has 0 aliphatic carbocycles. The molecule has 0 bridgehead atoms. The Morgan fingerprint density at radius 3 is 2.80 bits per heavy atom. The van der Waals surface area contributed by atoms with Gasteiger partial charge in [-0.2, -0.15) is 16.7 Å². The SMILES string of the molecule is CSCCC(NC(=O)NCCc1noc(C)n1)C(=O)O. The van der Waals surface area contributed by atoms with Gasteiger partial charge in [0.1, 0.15) is 6.04 Å². The highest BCUT2D eigenvalue weighted by atomic mass is 32.2. The first kappa shape index (κ1) is 16.3. The van der Waals surface area contributed by atoms with Crippen LogP contribution in [0.1, 0.15) is 18.1 Å². The van der Waals surface area contributed by atoms with E-state index in [0.29, 0.717) is 36.9 Å². The van der Waals surface area contributed by atoms with Gasteiger partial charge < -0.3 is 20.3 Å². The van der Waals surface area contributed by atoms with Crippen LogP contribution in [0.15, 0.2) is 4.52 Å². The summed E-state index contributed by atoms with van der Waals surface area (Å²) in [6.07, 6.45) is 2.69. The fourth-order valence-electron chi connectivity index (χ4n) is 1.43. The van der Waals surface area contributed by atoms with Gasteiger partial charge in [0.05, 0.1) is 0 Å². The fourth-order valence-corrected chi connectivity index (χ4v) is 1.90. The number of aromatic nitrogens is 2. The molecule has 1 aromatic rings. The summed E-state index contributed by atoms with van der Waals surface area (Å²) >= 11 is 1.53. The lowest BCUT2D eigenvalue weighted by Gasteiger charge is -2.14. The molecule has 0 aliphatic rings. The lowest BCUT2D eigenvalue weighted by atomic mass is 10.2. The van der Waals surface area contributed by atoms with Crippen LogP contribution in [0.3, 0.4) is 0 Å². The predicted octanol–water partition coefficient (Wildman–Crippen LogP) is 0.426. The van der Waals surface area contributed by atoms with Gasteiger partial charge in [-0.25, -0.2) is 9.59 Å². The summed E-state index contributed by atoms with van der Waals surface area (Å²) in [5.41, 5.74) is 0. The highest BCUT2D eigenvalue weighted by molar-refractivity contribution is 7.98. The smallest absolute Gasteiger partial charge is 0.326 e. The van der Waals surface area contributed by atoms with Crippen molar-refractivity contribution in [2.75, 3.05) is 18.6 Å². The Bertz CT molecular complexity index is 451. The summed E-state index contributed by atoms with van der Waals surface area (Å²) in [6.45, 7) is 1.99. The van der Waals surface area contributed by atoms with Gasteiger partial charge >= 0.3 is 12.0 Å². The van der Waals surface area contributed by atoms with Gasteiger partial charge in [0.2, 0.25) is 5.89 Å². The van der Waals surface area contributed by atoms with Crippen LogP contribution in [0.5, 0.6) is 0 Å². The van der Waals surface area contributed by atoms with E-state index in [9.17, 15) is 9.59 Å². The molecule has 1 aromatic heterocycles. The molecule has 1 rings (SSSR count). The molecule has 0 spiro atoms. The number of amides is 2. The van der Waals surface area contributed by atoms with E-state index >= 15 is 0 Å². The van der Waals surface area contributed by atoms with E-state index in [1.807, 2.05) is 6.26 Å². The summed E-state index contributed by atoms with van der Waals surface area (Å²) in [5.74, 6) is 0.592. The number of nitrogens with one attached hydrogen (secondary N) is 2. The molecule has 0 aromatic carbocycles. The van der Waals surface area contributed by atoms with Crippen LogP contribution >= 0.6 is 11.8 Å². The average molecular weight is 302 g/mol. The quantitative estimate of drug-likeness (QED) is 0.637. The Balaban J connectivity index is 2.28. The molecule has 0 aliphatic heterocycles. The molecule has 0 saturated carbocycles. The molecule has 1 unspecified atom stereocenters. The topological polar surface area (TPSA) is 117 Å². The first-order valence-electron chi connectivity index (χ1n) is 6.08. The van der Waals surface area contributed by atoms with Crippen molar-refractivity contribution in [3.05, 3.63) is 11.7 Å². The third-order valence-corrected chi connectivity index (χ3v) is 3.06. The number of nitrogens with zero attached hydrogens (tertiary/aromatic N) is 2. The maximum Gasteiger partial charge on any atom is 0.326 e. The zero-order chi connectivity index (χ0) is 15.0. The third-order valence-electron chi connectivity index (χ3n) is 2.42. The Hall–Kier alpha value is -1.77. The molecule has 9 heteroatoms. The minimum absolute atomic E-state index is 0.305. The van der Waals surface area contributed by atoms with Crippen molar-refractivity contribution in [2.45, 2.75) is 25.8 Å². The number of carboxylic acids is 1. The Morgan fingerprint density at radius 1 is 1.50 bits per heavy atom. The normalized spacial score (nSPS) is 11.9. The van der Waals surface area contributed by atoms with E-state index in [-0.39, 0.29) is 0 Å². The van der Waals surface area contributed by atoms with E-state index in [2.05, 4.69) is 20.8 Å².